The first-order valence-electron chi connectivity index (χ1n) is 5.17. The Bertz CT molecular complexity index is 318. The first-order valence-corrected chi connectivity index (χ1v) is 6.40. The normalized spacial score (nSPS) is 15.6. The molecule has 0 aliphatic heterocycles. The maximum absolute atomic E-state index is 5.88. The first-order chi connectivity index (χ1) is 6.85. The summed E-state index contributed by atoms with van der Waals surface area (Å²) in [6.45, 7) is 2.19. The third kappa shape index (κ3) is 2.06. The van der Waals surface area contributed by atoms with Crippen LogP contribution in [0.2, 0.25) is 0 Å². The largest absolute Gasteiger partial charge is 0.490 e. The van der Waals surface area contributed by atoms with Gasteiger partial charge >= 0.3 is 0 Å². The zero-order valence-corrected chi connectivity index (χ0v) is 9.56. The Kier molecular flexibility index (Phi) is 3.02. The molecule has 0 radical (unpaired) electrons. The molecule has 0 amide bonds. The summed E-state index contributed by atoms with van der Waals surface area (Å²) in [5.41, 5.74) is 1.37. The number of ether oxygens (including phenoxy) is 1. The van der Waals surface area contributed by atoms with E-state index in [0.717, 1.165) is 12.2 Å². The second-order valence-corrected chi connectivity index (χ2v) is 4.46. The SMILES string of the molecule is CCc1c(OC2CC2)cccc1SC. The summed E-state index contributed by atoms with van der Waals surface area (Å²) in [6, 6.07) is 6.35. The Balaban J connectivity index is 2.26. The number of thioether (sulfide) groups is 1. The lowest BCUT2D eigenvalue weighted by atomic mass is 10.1. The molecule has 0 spiro atoms. The van der Waals surface area contributed by atoms with Gasteiger partial charge in [-0.3, -0.25) is 0 Å². The third-order valence-corrected chi connectivity index (χ3v) is 3.30. The molecule has 0 saturated heterocycles. The van der Waals surface area contributed by atoms with Crippen molar-refractivity contribution in [3.63, 3.8) is 0 Å². The fourth-order valence-electron chi connectivity index (χ4n) is 1.56. The van der Waals surface area contributed by atoms with Gasteiger partial charge in [-0.25, -0.2) is 0 Å². The molecule has 2 rings (SSSR count). The van der Waals surface area contributed by atoms with Crippen molar-refractivity contribution in [3.8, 4) is 5.75 Å². The predicted octanol–water partition coefficient (Wildman–Crippen LogP) is 3.51. The van der Waals surface area contributed by atoms with E-state index >= 15 is 0 Å². The smallest absolute Gasteiger partial charge is 0.124 e. The fraction of sp³-hybridized carbons (Fsp3) is 0.500. The van der Waals surface area contributed by atoms with Crippen LogP contribution in [0.15, 0.2) is 23.1 Å². The van der Waals surface area contributed by atoms with Crippen molar-refractivity contribution in [2.45, 2.75) is 37.2 Å². The van der Waals surface area contributed by atoms with Crippen molar-refractivity contribution >= 4 is 11.8 Å². The van der Waals surface area contributed by atoms with Crippen LogP contribution in [-0.4, -0.2) is 12.4 Å². The van der Waals surface area contributed by atoms with Gasteiger partial charge in [-0.15, -0.1) is 11.8 Å². The maximum Gasteiger partial charge on any atom is 0.124 e. The molecule has 14 heavy (non-hydrogen) atoms. The van der Waals surface area contributed by atoms with Gasteiger partial charge in [-0.1, -0.05) is 13.0 Å². The van der Waals surface area contributed by atoms with Gasteiger partial charge in [0, 0.05) is 10.5 Å². The average molecular weight is 208 g/mol. The highest BCUT2D eigenvalue weighted by Gasteiger charge is 2.24. The lowest BCUT2D eigenvalue weighted by Gasteiger charge is -2.12. The highest BCUT2D eigenvalue weighted by molar-refractivity contribution is 7.98. The molecule has 0 bridgehead atoms. The van der Waals surface area contributed by atoms with Crippen LogP contribution in [0.1, 0.15) is 25.3 Å². The Morgan fingerprint density at radius 3 is 2.79 bits per heavy atom. The molecule has 1 nitrogen and oxygen atoms in total. The van der Waals surface area contributed by atoms with Crippen LogP contribution >= 0.6 is 11.8 Å². The van der Waals surface area contributed by atoms with Crippen LogP contribution in [0.25, 0.3) is 0 Å². The van der Waals surface area contributed by atoms with Gasteiger partial charge in [0.2, 0.25) is 0 Å². The molecule has 0 aromatic heterocycles. The summed E-state index contributed by atoms with van der Waals surface area (Å²) in [7, 11) is 0. The summed E-state index contributed by atoms with van der Waals surface area (Å²) in [4.78, 5) is 1.35. The Morgan fingerprint density at radius 1 is 1.43 bits per heavy atom. The highest BCUT2D eigenvalue weighted by Crippen LogP contribution is 2.33. The van der Waals surface area contributed by atoms with E-state index in [4.69, 9.17) is 4.74 Å². The summed E-state index contributed by atoms with van der Waals surface area (Å²) < 4.78 is 5.88. The lowest BCUT2D eigenvalue weighted by molar-refractivity contribution is 0.299. The Morgan fingerprint density at radius 2 is 2.21 bits per heavy atom. The molecule has 1 aromatic carbocycles. The number of rotatable bonds is 4. The predicted molar refractivity (Wildman–Crippen MR) is 61.3 cm³/mol. The van der Waals surface area contributed by atoms with Crippen LogP contribution in [0.5, 0.6) is 5.75 Å². The highest BCUT2D eigenvalue weighted by atomic mass is 32.2. The van der Waals surface area contributed by atoms with Crippen LogP contribution in [-0.2, 0) is 6.42 Å². The van der Waals surface area contributed by atoms with E-state index in [9.17, 15) is 0 Å². The monoisotopic (exact) mass is 208 g/mol. The Hall–Kier alpha value is -0.630. The molecule has 1 aromatic rings. The minimum Gasteiger partial charge on any atom is -0.490 e. The van der Waals surface area contributed by atoms with E-state index in [-0.39, 0.29) is 0 Å². The van der Waals surface area contributed by atoms with Crippen molar-refractivity contribution < 1.29 is 4.74 Å². The molecule has 0 atom stereocenters. The zero-order chi connectivity index (χ0) is 9.97. The van der Waals surface area contributed by atoms with Gasteiger partial charge in [0.15, 0.2) is 0 Å². The second kappa shape index (κ2) is 4.26. The van der Waals surface area contributed by atoms with E-state index in [1.807, 2.05) is 0 Å². The van der Waals surface area contributed by atoms with E-state index < -0.39 is 0 Å². The number of hydrogen-bond donors (Lipinski definition) is 0. The van der Waals surface area contributed by atoms with Crippen molar-refractivity contribution in [1.29, 1.82) is 0 Å². The van der Waals surface area contributed by atoms with Crippen LogP contribution in [0, 0.1) is 0 Å². The van der Waals surface area contributed by atoms with E-state index in [2.05, 4.69) is 31.4 Å². The van der Waals surface area contributed by atoms with Crippen molar-refractivity contribution in [1.82, 2.24) is 0 Å². The summed E-state index contributed by atoms with van der Waals surface area (Å²) >= 11 is 1.80. The molecule has 76 valence electrons. The summed E-state index contributed by atoms with van der Waals surface area (Å²) in [6.07, 6.45) is 6.13. The van der Waals surface area contributed by atoms with Gasteiger partial charge in [-0.2, -0.15) is 0 Å². The molecule has 1 aliphatic carbocycles. The first kappa shape index (κ1) is 9.91. The zero-order valence-electron chi connectivity index (χ0n) is 8.75. The molecular weight excluding hydrogens is 192 g/mol. The van der Waals surface area contributed by atoms with Gasteiger partial charge in [-0.05, 0) is 37.7 Å². The van der Waals surface area contributed by atoms with Crippen molar-refractivity contribution in [2.24, 2.45) is 0 Å². The topological polar surface area (TPSA) is 9.23 Å². The van der Waals surface area contributed by atoms with Gasteiger partial charge < -0.3 is 4.74 Å². The standard InChI is InChI=1S/C12H16OS/c1-3-10-11(13-9-7-8-9)5-4-6-12(10)14-2/h4-6,9H,3,7-8H2,1-2H3. The third-order valence-electron chi connectivity index (χ3n) is 2.48. The molecule has 1 aliphatic rings. The minimum atomic E-state index is 0.498. The van der Waals surface area contributed by atoms with E-state index in [0.29, 0.717) is 6.10 Å². The lowest BCUT2D eigenvalue weighted by Crippen LogP contribution is -2.00. The molecule has 0 N–H and O–H groups in total. The molecule has 1 saturated carbocycles. The molecule has 1 fully saturated rings. The summed E-state index contributed by atoms with van der Waals surface area (Å²) in [5.74, 6) is 1.10. The number of hydrogen-bond acceptors (Lipinski definition) is 2. The number of benzene rings is 1. The van der Waals surface area contributed by atoms with Crippen LogP contribution in [0.3, 0.4) is 0 Å². The van der Waals surface area contributed by atoms with Gasteiger partial charge in [0.25, 0.3) is 0 Å². The maximum atomic E-state index is 5.88. The van der Waals surface area contributed by atoms with Crippen molar-refractivity contribution in [3.05, 3.63) is 23.8 Å². The average Bonchev–Trinajstić information content (AvgIpc) is 3.01. The fourth-order valence-corrected chi connectivity index (χ4v) is 2.27. The Labute approximate surface area is 89.9 Å². The molecule has 0 unspecified atom stereocenters. The minimum absolute atomic E-state index is 0.498. The van der Waals surface area contributed by atoms with Crippen molar-refractivity contribution in [2.75, 3.05) is 6.26 Å². The second-order valence-electron chi connectivity index (χ2n) is 3.61. The van der Waals surface area contributed by atoms with Crippen LogP contribution < -0.4 is 4.74 Å². The quantitative estimate of drug-likeness (QED) is 0.700. The molecule has 2 heteroatoms. The van der Waals surface area contributed by atoms with Gasteiger partial charge in [0.05, 0.1) is 6.10 Å². The van der Waals surface area contributed by atoms with E-state index in [1.54, 1.807) is 11.8 Å². The van der Waals surface area contributed by atoms with Crippen LogP contribution in [0.4, 0.5) is 0 Å². The van der Waals surface area contributed by atoms with E-state index in [1.165, 1.54) is 23.3 Å². The summed E-state index contributed by atoms with van der Waals surface area (Å²) in [5, 5.41) is 0. The molecule has 0 heterocycles. The molecular formula is C12H16OS. The van der Waals surface area contributed by atoms with Gasteiger partial charge in [0.1, 0.15) is 5.75 Å².